The summed E-state index contributed by atoms with van der Waals surface area (Å²) in [6, 6.07) is 12.2. The molecule has 0 fully saturated rings. The molecule has 0 aliphatic rings. The highest BCUT2D eigenvalue weighted by molar-refractivity contribution is 7.14. The van der Waals surface area contributed by atoms with E-state index in [9.17, 15) is 9.90 Å². The van der Waals surface area contributed by atoms with Crippen molar-refractivity contribution in [3.05, 3.63) is 75.5 Å². The van der Waals surface area contributed by atoms with Crippen LogP contribution in [0.25, 0.3) is 0 Å². The van der Waals surface area contributed by atoms with Crippen LogP contribution in [0.1, 0.15) is 31.6 Å². The van der Waals surface area contributed by atoms with E-state index < -0.39 is 0 Å². The van der Waals surface area contributed by atoms with Crippen molar-refractivity contribution in [2.45, 2.75) is 13.5 Å². The van der Waals surface area contributed by atoms with Crippen LogP contribution in [-0.2, 0) is 6.54 Å². The first-order valence-electron chi connectivity index (χ1n) is 7.58. The summed E-state index contributed by atoms with van der Waals surface area (Å²) in [6.45, 7) is 2.16. The predicted molar refractivity (Wildman–Crippen MR) is 96.3 cm³/mol. The number of nitrogens with one attached hydrogen (secondary N) is 1. The summed E-state index contributed by atoms with van der Waals surface area (Å²) in [5.41, 5.74) is 2.22. The molecule has 0 saturated heterocycles. The first kappa shape index (κ1) is 16.7. The topological polar surface area (TPSA) is 75.1 Å². The third-order valence-electron chi connectivity index (χ3n) is 3.34. The number of aromatic hydroxyl groups is 1. The highest BCUT2D eigenvalue weighted by Gasteiger charge is 2.14. The van der Waals surface area contributed by atoms with Gasteiger partial charge in [-0.2, -0.15) is 0 Å². The predicted octanol–water partition coefficient (Wildman–Crippen LogP) is 2.88. The summed E-state index contributed by atoms with van der Waals surface area (Å²) in [4.78, 5) is 21.4. The van der Waals surface area contributed by atoms with E-state index in [1.54, 1.807) is 37.4 Å². The fraction of sp³-hybridized carbons (Fsp3) is 0.105. The number of hydrogen-bond donors (Lipinski definition) is 2. The molecule has 2 N–H and O–H groups in total. The molecule has 0 aliphatic carbocycles. The minimum atomic E-state index is -0.182. The van der Waals surface area contributed by atoms with Gasteiger partial charge in [0.15, 0.2) is 5.01 Å². The Morgan fingerprint density at radius 1 is 1.20 bits per heavy atom. The Morgan fingerprint density at radius 3 is 2.72 bits per heavy atom. The first-order valence-corrected chi connectivity index (χ1v) is 8.40. The van der Waals surface area contributed by atoms with Crippen molar-refractivity contribution in [1.82, 2.24) is 15.3 Å². The van der Waals surface area contributed by atoms with Crippen molar-refractivity contribution in [2.24, 2.45) is 0 Å². The normalized spacial score (nSPS) is 9.96. The van der Waals surface area contributed by atoms with Crippen LogP contribution in [0.5, 0.6) is 5.75 Å². The average molecular weight is 349 g/mol. The maximum absolute atomic E-state index is 12.3. The van der Waals surface area contributed by atoms with Crippen LogP contribution in [0, 0.1) is 18.8 Å². The maximum Gasteiger partial charge on any atom is 0.263 e. The zero-order chi connectivity index (χ0) is 17.6. The zero-order valence-corrected chi connectivity index (χ0v) is 14.3. The van der Waals surface area contributed by atoms with Crippen molar-refractivity contribution < 1.29 is 9.90 Å². The average Bonchev–Trinajstić information content (AvgIpc) is 3.01. The quantitative estimate of drug-likeness (QED) is 0.713. The van der Waals surface area contributed by atoms with Gasteiger partial charge in [-0.05, 0) is 49.2 Å². The monoisotopic (exact) mass is 349 g/mol. The number of aryl methyl sites for hydroxylation is 1. The first-order chi connectivity index (χ1) is 12.1. The Hall–Kier alpha value is -3.17. The van der Waals surface area contributed by atoms with E-state index in [0.717, 1.165) is 11.3 Å². The Kier molecular flexibility index (Phi) is 5.07. The molecule has 0 bridgehead atoms. The number of nitrogens with zero attached hydrogens (tertiary/aromatic N) is 2. The van der Waals surface area contributed by atoms with Crippen molar-refractivity contribution >= 4 is 17.2 Å². The molecule has 1 amide bonds. The Balaban J connectivity index is 1.69. The lowest BCUT2D eigenvalue weighted by atomic mass is 10.2. The largest absolute Gasteiger partial charge is 0.508 e. The van der Waals surface area contributed by atoms with E-state index in [4.69, 9.17) is 0 Å². The van der Waals surface area contributed by atoms with Crippen LogP contribution in [0.2, 0.25) is 0 Å². The van der Waals surface area contributed by atoms with Gasteiger partial charge in [0.1, 0.15) is 10.6 Å². The van der Waals surface area contributed by atoms with Crippen LogP contribution < -0.4 is 5.32 Å². The summed E-state index contributed by atoms with van der Waals surface area (Å²) in [6.07, 6.45) is 1.69. The standard InChI is InChI=1S/C19H15N3O2S/c1-13-18(19(24)21-12-15-4-2-3-11-20-15)25-17(22-13)10-7-14-5-8-16(23)9-6-14/h2-6,8-9,11,23H,12H2,1H3,(H,21,24). The second-order valence-electron chi connectivity index (χ2n) is 5.23. The van der Waals surface area contributed by atoms with Gasteiger partial charge in [-0.25, -0.2) is 4.98 Å². The highest BCUT2D eigenvalue weighted by Crippen LogP contribution is 2.17. The molecule has 0 radical (unpaired) electrons. The summed E-state index contributed by atoms with van der Waals surface area (Å²) in [7, 11) is 0. The minimum absolute atomic E-state index is 0.182. The highest BCUT2D eigenvalue weighted by atomic mass is 32.1. The number of benzene rings is 1. The van der Waals surface area contributed by atoms with Gasteiger partial charge in [0.25, 0.3) is 5.91 Å². The number of phenols is 1. The number of pyridine rings is 1. The summed E-state index contributed by atoms with van der Waals surface area (Å²) in [5.74, 6) is 5.94. The van der Waals surface area contributed by atoms with Crippen molar-refractivity contribution in [2.75, 3.05) is 0 Å². The van der Waals surface area contributed by atoms with Crippen LogP contribution in [-0.4, -0.2) is 21.0 Å². The second-order valence-corrected chi connectivity index (χ2v) is 6.23. The van der Waals surface area contributed by atoms with Crippen LogP contribution in [0.15, 0.2) is 48.7 Å². The number of phenolic OH excluding ortho intramolecular Hbond substituents is 1. The number of thiazole rings is 1. The van der Waals surface area contributed by atoms with Crippen LogP contribution >= 0.6 is 11.3 Å². The third-order valence-corrected chi connectivity index (χ3v) is 4.41. The van der Waals surface area contributed by atoms with E-state index in [1.165, 1.54) is 11.3 Å². The van der Waals surface area contributed by atoms with Gasteiger partial charge in [0.2, 0.25) is 0 Å². The van der Waals surface area contributed by atoms with Gasteiger partial charge >= 0.3 is 0 Å². The van der Waals surface area contributed by atoms with Gasteiger partial charge in [-0.15, -0.1) is 11.3 Å². The van der Waals surface area contributed by atoms with Gasteiger partial charge in [0, 0.05) is 11.8 Å². The molecule has 3 aromatic rings. The Bertz CT molecular complexity index is 938. The van der Waals surface area contributed by atoms with E-state index >= 15 is 0 Å². The van der Waals surface area contributed by atoms with Crippen molar-refractivity contribution in [3.63, 3.8) is 0 Å². The molecule has 0 spiro atoms. The number of hydrogen-bond acceptors (Lipinski definition) is 5. The molecule has 1 aromatic carbocycles. The van der Waals surface area contributed by atoms with Crippen LogP contribution in [0.4, 0.5) is 0 Å². The van der Waals surface area contributed by atoms with Gasteiger partial charge < -0.3 is 10.4 Å². The molecule has 0 aliphatic heterocycles. The number of aromatic nitrogens is 2. The molecule has 2 heterocycles. The molecule has 2 aromatic heterocycles. The van der Waals surface area contributed by atoms with E-state index in [-0.39, 0.29) is 11.7 Å². The molecule has 0 unspecified atom stereocenters. The van der Waals surface area contributed by atoms with Crippen molar-refractivity contribution in [1.29, 1.82) is 0 Å². The summed E-state index contributed by atoms with van der Waals surface area (Å²) in [5, 5.41) is 12.7. The molecule has 3 rings (SSSR count). The lowest BCUT2D eigenvalue weighted by Gasteiger charge is -2.02. The molecule has 0 atom stereocenters. The third kappa shape index (κ3) is 4.43. The SMILES string of the molecule is Cc1nc(C#Cc2ccc(O)cc2)sc1C(=O)NCc1ccccn1. The minimum Gasteiger partial charge on any atom is -0.508 e. The van der Waals surface area contributed by atoms with Crippen molar-refractivity contribution in [3.8, 4) is 17.6 Å². The molecular weight excluding hydrogens is 334 g/mol. The smallest absolute Gasteiger partial charge is 0.263 e. The molecule has 124 valence electrons. The summed E-state index contributed by atoms with van der Waals surface area (Å²) < 4.78 is 0. The number of rotatable bonds is 3. The fourth-order valence-corrected chi connectivity index (χ4v) is 2.92. The fourth-order valence-electron chi connectivity index (χ4n) is 2.08. The van der Waals surface area contributed by atoms with Crippen LogP contribution in [0.3, 0.4) is 0 Å². The van der Waals surface area contributed by atoms with Gasteiger partial charge in [-0.3, -0.25) is 9.78 Å². The molecule has 0 saturated carbocycles. The molecular formula is C19H15N3O2S. The Morgan fingerprint density at radius 2 is 2.00 bits per heavy atom. The zero-order valence-electron chi connectivity index (χ0n) is 13.5. The number of carbonyl (C=O) groups is 1. The molecule has 5 nitrogen and oxygen atoms in total. The van der Waals surface area contributed by atoms with Gasteiger partial charge in [0.05, 0.1) is 17.9 Å². The second kappa shape index (κ2) is 7.60. The number of carbonyl (C=O) groups excluding carboxylic acids is 1. The lowest BCUT2D eigenvalue weighted by Crippen LogP contribution is -2.23. The summed E-state index contributed by atoms with van der Waals surface area (Å²) >= 11 is 1.26. The molecule has 25 heavy (non-hydrogen) atoms. The molecule has 6 heteroatoms. The Labute approximate surface area is 149 Å². The van der Waals surface area contributed by atoms with E-state index in [1.807, 2.05) is 18.2 Å². The lowest BCUT2D eigenvalue weighted by molar-refractivity contribution is 0.0953. The number of amides is 1. The maximum atomic E-state index is 12.3. The van der Waals surface area contributed by atoms with Gasteiger partial charge in [-0.1, -0.05) is 12.0 Å². The van der Waals surface area contributed by atoms with E-state index in [2.05, 4.69) is 27.1 Å². The van der Waals surface area contributed by atoms with E-state index in [0.29, 0.717) is 22.1 Å².